The molecule has 2 atom stereocenters. The van der Waals surface area contributed by atoms with E-state index < -0.39 is 22.0 Å². The molecule has 0 saturated heterocycles. The molecule has 29 heavy (non-hydrogen) atoms. The van der Waals surface area contributed by atoms with Crippen LogP contribution in [-0.2, 0) is 14.8 Å². The Hall–Kier alpha value is -2.09. The second-order valence-corrected chi connectivity index (χ2v) is 9.43. The van der Waals surface area contributed by atoms with Crippen molar-refractivity contribution in [3.63, 3.8) is 0 Å². The molecule has 0 spiro atoms. The Morgan fingerprint density at radius 1 is 1.10 bits per heavy atom. The molecule has 8 heteroatoms. The van der Waals surface area contributed by atoms with E-state index in [4.69, 9.17) is 16.3 Å². The van der Waals surface area contributed by atoms with E-state index in [0.717, 1.165) is 11.1 Å². The predicted octanol–water partition coefficient (Wildman–Crippen LogP) is 3.84. The fourth-order valence-electron chi connectivity index (χ4n) is 2.93. The molecule has 2 rings (SSSR count). The van der Waals surface area contributed by atoms with Gasteiger partial charge in [0.25, 0.3) is 0 Å². The highest BCUT2D eigenvalue weighted by atomic mass is 35.5. The van der Waals surface area contributed by atoms with Crippen LogP contribution in [0.2, 0.25) is 5.02 Å². The lowest BCUT2D eigenvalue weighted by Gasteiger charge is -2.25. The molecule has 0 unspecified atom stereocenters. The summed E-state index contributed by atoms with van der Waals surface area (Å²) in [4.78, 5) is 12.9. The third kappa shape index (κ3) is 5.95. The van der Waals surface area contributed by atoms with Gasteiger partial charge in [-0.1, -0.05) is 49.2 Å². The monoisotopic (exact) mass is 438 g/mol. The van der Waals surface area contributed by atoms with Gasteiger partial charge in [-0.15, -0.1) is 0 Å². The summed E-state index contributed by atoms with van der Waals surface area (Å²) < 4.78 is 33.4. The molecular formula is C21H27ClN2O4S. The number of halogens is 1. The number of benzene rings is 2. The summed E-state index contributed by atoms with van der Waals surface area (Å²) in [5, 5.41) is 3.20. The Kier molecular flexibility index (Phi) is 7.68. The quantitative estimate of drug-likeness (QED) is 0.655. The zero-order valence-electron chi connectivity index (χ0n) is 17.2. The Balaban J connectivity index is 2.23. The lowest BCUT2D eigenvalue weighted by molar-refractivity contribution is -0.124. The van der Waals surface area contributed by atoms with Crippen LogP contribution in [0.1, 0.15) is 37.9 Å². The molecule has 0 aliphatic carbocycles. The van der Waals surface area contributed by atoms with Gasteiger partial charge in [0.1, 0.15) is 11.8 Å². The van der Waals surface area contributed by atoms with E-state index in [2.05, 4.69) is 10.0 Å². The number of hydrogen-bond acceptors (Lipinski definition) is 4. The standard InChI is InChI=1S/C21H27ClN2O4S/c1-13(2)20(24-29(26,27)17-8-6-7-16(22)12-17)21(25)23-15(4)18-11-14(3)9-10-19(18)28-5/h6-13,15,20,24H,1-5H3,(H,23,25)/t15-,20+/m0/s1. The number of sulfonamides is 1. The minimum absolute atomic E-state index is 0.0110. The smallest absolute Gasteiger partial charge is 0.241 e. The van der Waals surface area contributed by atoms with Gasteiger partial charge < -0.3 is 10.1 Å². The molecule has 0 fully saturated rings. The number of amides is 1. The maximum Gasteiger partial charge on any atom is 0.241 e. The average Bonchev–Trinajstić information content (AvgIpc) is 2.65. The zero-order valence-corrected chi connectivity index (χ0v) is 18.8. The highest BCUT2D eigenvalue weighted by Gasteiger charge is 2.29. The van der Waals surface area contributed by atoms with Crippen molar-refractivity contribution in [3.05, 3.63) is 58.6 Å². The first-order chi connectivity index (χ1) is 13.5. The second-order valence-electron chi connectivity index (χ2n) is 7.28. The zero-order chi connectivity index (χ0) is 21.8. The number of hydrogen-bond donors (Lipinski definition) is 2. The summed E-state index contributed by atoms with van der Waals surface area (Å²) in [5.74, 6) is -0.0266. The van der Waals surface area contributed by atoms with Crippen LogP contribution >= 0.6 is 11.6 Å². The number of aryl methyl sites for hydroxylation is 1. The fourth-order valence-corrected chi connectivity index (χ4v) is 4.58. The van der Waals surface area contributed by atoms with Crippen LogP contribution < -0.4 is 14.8 Å². The SMILES string of the molecule is COc1ccc(C)cc1[C@H](C)NC(=O)[C@H](NS(=O)(=O)c1cccc(Cl)c1)C(C)C. The molecule has 0 aromatic heterocycles. The van der Waals surface area contributed by atoms with E-state index in [9.17, 15) is 13.2 Å². The van der Waals surface area contributed by atoms with Crippen molar-refractivity contribution < 1.29 is 17.9 Å². The van der Waals surface area contributed by atoms with Crippen molar-refractivity contribution in [2.24, 2.45) is 5.92 Å². The predicted molar refractivity (Wildman–Crippen MR) is 115 cm³/mol. The molecule has 0 aliphatic heterocycles. The van der Waals surface area contributed by atoms with E-state index in [-0.39, 0.29) is 16.9 Å². The summed E-state index contributed by atoms with van der Waals surface area (Å²) >= 11 is 5.91. The number of carbonyl (C=O) groups is 1. The van der Waals surface area contributed by atoms with Crippen molar-refractivity contribution in [2.75, 3.05) is 7.11 Å². The lowest BCUT2D eigenvalue weighted by atomic mass is 10.0. The van der Waals surface area contributed by atoms with Crippen molar-refractivity contribution in [1.82, 2.24) is 10.0 Å². The molecule has 1 amide bonds. The minimum Gasteiger partial charge on any atom is -0.496 e. The molecule has 2 N–H and O–H groups in total. The van der Waals surface area contributed by atoms with Crippen molar-refractivity contribution in [3.8, 4) is 5.75 Å². The normalized spacial score (nSPS) is 13.8. The van der Waals surface area contributed by atoms with Gasteiger partial charge in [0.15, 0.2) is 0 Å². The maximum atomic E-state index is 12.9. The molecule has 0 radical (unpaired) electrons. The number of methoxy groups -OCH3 is 1. The van der Waals surface area contributed by atoms with Crippen LogP contribution in [0.3, 0.4) is 0 Å². The topological polar surface area (TPSA) is 84.5 Å². The number of nitrogens with one attached hydrogen (secondary N) is 2. The highest BCUT2D eigenvalue weighted by molar-refractivity contribution is 7.89. The van der Waals surface area contributed by atoms with Gasteiger partial charge in [0.2, 0.25) is 15.9 Å². The third-order valence-corrected chi connectivity index (χ3v) is 6.22. The molecule has 0 heterocycles. The number of carbonyl (C=O) groups excluding carboxylic acids is 1. The van der Waals surface area contributed by atoms with Gasteiger partial charge >= 0.3 is 0 Å². The Bertz CT molecular complexity index is 976. The van der Waals surface area contributed by atoms with Gasteiger partial charge in [-0.05, 0) is 44.0 Å². The summed E-state index contributed by atoms with van der Waals surface area (Å²) in [6.07, 6.45) is 0. The molecular weight excluding hydrogens is 412 g/mol. The average molecular weight is 439 g/mol. The molecule has 0 saturated carbocycles. The van der Waals surface area contributed by atoms with Crippen LogP contribution in [0.15, 0.2) is 47.4 Å². The maximum absolute atomic E-state index is 12.9. The van der Waals surface area contributed by atoms with E-state index in [1.165, 1.54) is 12.1 Å². The van der Waals surface area contributed by atoms with Gasteiger partial charge in [0, 0.05) is 10.6 Å². The number of rotatable bonds is 8. The minimum atomic E-state index is -3.91. The Morgan fingerprint density at radius 3 is 2.38 bits per heavy atom. The Labute approximate surface area is 177 Å². The summed E-state index contributed by atoms with van der Waals surface area (Å²) in [7, 11) is -2.34. The second kappa shape index (κ2) is 9.61. The summed E-state index contributed by atoms with van der Waals surface area (Å²) in [6.45, 7) is 7.34. The molecule has 6 nitrogen and oxygen atoms in total. The lowest BCUT2D eigenvalue weighted by Crippen LogP contribution is -2.50. The first-order valence-electron chi connectivity index (χ1n) is 9.28. The van der Waals surface area contributed by atoms with Crippen LogP contribution in [0, 0.1) is 12.8 Å². The van der Waals surface area contributed by atoms with Crippen LogP contribution in [-0.4, -0.2) is 27.5 Å². The van der Waals surface area contributed by atoms with E-state index >= 15 is 0 Å². The van der Waals surface area contributed by atoms with Gasteiger partial charge in [0.05, 0.1) is 18.0 Å². The van der Waals surface area contributed by atoms with Crippen LogP contribution in [0.5, 0.6) is 5.75 Å². The first-order valence-corrected chi connectivity index (χ1v) is 11.1. The summed E-state index contributed by atoms with van der Waals surface area (Å²) in [5.41, 5.74) is 1.85. The Morgan fingerprint density at radius 2 is 1.79 bits per heavy atom. The molecule has 158 valence electrons. The van der Waals surface area contributed by atoms with Crippen LogP contribution in [0.4, 0.5) is 0 Å². The van der Waals surface area contributed by atoms with Crippen molar-refractivity contribution >= 4 is 27.5 Å². The van der Waals surface area contributed by atoms with Crippen molar-refractivity contribution in [1.29, 1.82) is 0 Å². The molecule has 2 aromatic carbocycles. The summed E-state index contributed by atoms with van der Waals surface area (Å²) in [6, 6.07) is 10.3. The molecule has 0 aliphatic rings. The van der Waals surface area contributed by atoms with Gasteiger partial charge in [-0.3, -0.25) is 4.79 Å². The van der Waals surface area contributed by atoms with Gasteiger partial charge in [-0.25, -0.2) is 8.42 Å². The van der Waals surface area contributed by atoms with E-state index in [0.29, 0.717) is 10.8 Å². The van der Waals surface area contributed by atoms with E-state index in [1.54, 1.807) is 33.1 Å². The molecule has 2 aromatic rings. The molecule has 0 bridgehead atoms. The highest BCUT2D eigenvalue weighted by Crippen LogP contribution is 2.26. The third-order valence-electron chi connectivity index (χ3n) is 4.55. The fraction of sp³-hybridized carbons (Fsp3) is 0.381. The van der Waals surface area contributed by atoms with Gasteiger partial charge in [-0.2, -0.15) is 4.72 Å². The number of ether oxygens (including phenoxy) is 1. The largest absolute Gasteiger partial charge is 0.496 e. The van der Waals surface area contributed by atoms with E-state index in [1.807, 2.05) is 32.0 Å². The van der Waals surface area contributed by atoms with Crippen molar-refractivity contribution in [2.45, 2.75) is 44.7 Å². The first kappa shape index (κ1) is 23.2. The van der Waals surface area contributed by atoms with Crippen LogP contribution in [0.25, 0.3) is 0 Å².